The molecule has 1 aromatic heterocycles. The molecule has 5 heteroatoms. The molecule has 0 atom stereocenters. The Balaban J connectivity index is 0. The maximum absolute atomic E-state index is 5.22. The third kappa shape index (κ3) is 3.35. The highest BCUT2D eigenvalue weighted by Crippen LogP contribution is 1.77. The van der Waals surface area contributed by atoms with Gasteiger partial charge in [-0.15, -0.1) is 24.8 Å². The molecule has 54 valence electrons. The average molecular weight is 170 g/mol. The van der Waals surface area contributed by atoms with E-state index in [1.54, 1.807) is 17.1 Å². The van der Waals surface area contributed by atoms with Crippen LogP contribution in [0.2, 0.25) is 0 Å². The van der Waals surface area contributed by atoms with Gasteiger partial charge in [0.2, 0.25) is 0 Å². The van der Waals surface area contributed by atoms with Crippen molar-refractivity contribution in [3.63, 3.8) is 0 Å². The zero-order chi connectivity index (χ0) is 5.11. The van der Waals surface area contributed by atoms with Crippen LogP contribution in [0, 0.1) is 0 Å². The van der Waals surface area contributed by atoms with Crippen LogP contribution in [0.1, 0.15) is 0 Å². The Morgan fingerprint density at radius 1 is 1.44 bits per heavy atom. The highest BCUT2D eigenvalue weighted by atomic mass is 35.5. The molecule has 2 N–H and O–H groups in total. The normalized spacial score (nSPS) is 7.22. The zero-order valence-corrected chi connectivity index (χ0v) is 6.36. The molecule has 0 aliphatic rings. The van der Waals surface area contributed by atoms with Crippen LogP contribution in [-0.2, 0) is 6.67 Å². The molecule has 1 heterocycles. The molecule has 0 fully saturated rings. The average Bonchev–Trinajstić information content (AvgIpc) is 2.14. The van der Waals surface area contributed by atoms with E-state index in [0.717, 1.165) is 0 Å². The maximum Gasteiger partial charge on any atom is 0.0956 e. The molecule has 0 radical (unpaired) electrons. The molecule has 0 unspecified atom stereocenters. The third-order valence-electron chi connectivity index (χ3n) is 0.770. The fraction of sp³-hybridized carbons (Fsp3) is 0.250. The number of nitrogens with two attached hydrogens (primary N) is 1. The molecule has 0 spiro atoms. The second-order valence-corrected chi connectivity index (χ2v) is 1.26. The van der Waals surface area contributed by atoms with Crippen molar-refractivity contribution >= 4 is 24.8 Å². The number of halogens is 2. The van der Waals surface area contributed by atoms with E-state index in [0.29, 0.717) is 6.67 Å². The standard InChI is InChI=1S/C4H7N3.2ClH/c5-3-7-2-1-6-4-7;;/h1-2,4H,3,5H2;2*1H. The predicted octanol–water partition coefficient (Wildman–Crippen LogP) is 0.643. The van der Waals surface area contributed by atoms with Crippen LogP contribution >= 0.6 is 24.8 Å². The molecule has 0 saturated heterocycles. The molecule has 9 heavy (non-hydrogen) atoms. The zero-order valence-electron chi connectivity index (χ0n) is 4.73. The van der Waals surface area contributed by atoms with Crippen molar-refractivity contribution in [1.29, 1.82) is 0 Å². The lowest BCUT2D eigenvalue weighted by Crippen LogP contribution is -2.03. The fourth-order valence-corrected chi connectivity index (χ4v) is 0.395. The van der Waals surface area contributed by atoms with Crippen molar-refractivity contribution < 1.29 is 0 Å². The molecule has 3 nitrogen and oxygen atoms in total. The molecule has 0 aromatic carbocycles. The van der Waals surface area contributed by atoms with Crippen molar-refractivity contribution in [3.8, 4) is 0 Å². The van der Waals surface area contributed by atoms with Crippen LogP contribution in [0.3, 0.4) is 0 Å². The summed E-state index contributed by atoms with van der Waals surface area (Å²) in [6, 6.07) is 0. The molecule has 0 amide bonds. The van der Waals surface area contributed by atoms with Gasteiger partial charge < -0.3 is 10.3 Å². The largest absolute Gasteiger partial charge is 0.324 e. The number of hydrogen-bond acceptors (Lipinski definition) is 2. The summed E-state index contributed by atoms with van der Waals surface area (Å²) in [6.07, 6.45) is 5.20. The van der Waals surface area contributed by atoms with Crippen LogP contribution in [0.5, 0.6) is 0 Å². The second-order valence-electron chi connectivity index (χ2n) is 1.26. The third-order valence-corrected chi connectivity index (χ3v) is 0.770. The van der Waals surface area contributed by atoms with Gasteiger partial charge in [-0.1, -0.05) is 0 Å². The molecule has 0 saturated carbocycles. The van der Waals surface area contributed by atoms with Crippen LogP contribution in [0.4, 0.5) is 0 Å². The van der Waals surface area contributed by atoms with Crippen LogP contribution in [0.15, 0.2) is 18.7 Å². The highest BCUT2D eigenvalue weighted by molar-refractivity contribution is 5.85. The number of nitrogens with zero attached hydrogens (tertiary/aromatic N) is 2. The first kappa shape index (κ1) is 11.5. The molecule has 0 aliphatic heterocycles. The van der Waals surface area contributed by atoms with Gasteiger partial charge in [-0.05, 0) is 0 Å². The second kappa shape index (κ2) is 5.88. The monoisotopic (exact) mass is 169 g/mol. The first-order chi connectivity index (χ1) is 3.43. The van der Waals surface area contributed by atoms with Crippen molar-refractivity contribution in [2.75, 3.05) is 0 Å². The van der Waals surface area contributed by atoms with E-state index < -0.39 is 0 Å². The van der Waals surface area contributed by atoms with Crippen LogP contribution < -0.4 is 5.73 Å². The summed E-state index contributed by atoms with van der Waals surface area (Å²) in [6.45, 7) is 0.514. The molecule has 0 bridgehead atoms. The van der Waals surface area contributed by atoms with E-state index >= 15 is 0 Å². The van der Waals surface area contributed by atoms with E-state index in [-0.39, 0.29) is 24.8 Å². The van der Waals surface area contributed by atoms with Crippen LogP contribution in [-0.4, -0.2) is 9.55 Å². The predicted molar refractivity (Wildman–Crippen MR) is 40.9 cm³/mol. The summed E-state index contributed by atoms with van der Waals surface area (Å²) in [4.78, 5) is 3.78. The minimum atomic E-state index is 0. The van der Waals surface area contributed by atoms with E-state index in [4.69, 9.17) is 5.73 Å². The van der Waals surface area contributed by atoms with Crippen LogP contribution in [0.25, 0.3) is 0 Å². The SMILES string of the molecule is Cl.Cl.NCn1ccnc1. The van der Waals surface area contributed by atoms with E-state index in [2.05, 4.69) is 4.98 Å². The summed E-state index contributed by atoms with van der Waals surface area (Å²) in [5.41, 5.74) is 5.22. The van der Waals surface area contributed by atoms with Gasteiger partial charge in [-0.2, -0.15) is 0 Å². The first-order valence-electron chi connectivity index (χ1n) is 2.09. The molecular formula is C4H9Cl2N3. The van der Waals surface area contributed by atoms with Gasteiger partial charge in [-0.25, -0.2) is 4.98 Å². The summed E-state index contributed by atoms with van der Waals surface area (Å²) in [5, 5.41) is 0. The minimum absolute atomic E-state index is 0. The Labute approximate surface area is 66.1 Å². The van der Waals surface area contributed by atoms with Gasteiger partial charge in [0.25, 0.3) is 0 Å². The maximum atomic E-state index is 5.22. The Kier molecular flexibility index (Phi) is 7.53. The fourth-order valence-electron chi connectivity index (χ4n) is 0.395. The number of hydrogen-bond donors (Lipinski definition) is 1. The Morgan fingerprint density at radius 3 is 2.33 bits per heavy atom. The topological polar surface area (TPSA) is 43.8 Å². The highest BCUT2D eigenvalue weighted by Gasteiger charge is 1.77. The van der Waals surface area contributed by atoms with E-state index in [9.17, 15) is 0 Å². The number of rotatable bonds is 1. The van der Waals surface area contributed by atoms with Crippen molar-refractivity contribution in [1.82, 2.24) is 9.55 Å². The van der Waals surface area contributed by atoms with Crippen molar-refractivity contribution in [2.24, 2.45) is 5.73 Å². The van der Waals surface area contributed by atoms with Gasteiger partial charge in [0.1, 0.15) is 0 Å². The van der Waals surface area contributed by atoms with Crippen molar-refractivity contribution in [3.05, 3.63) is 18.7 Å². The lowest BCUT2D eigenvalue weighted by molar-refractivity contribution is 0.731. The lowest BCUT2D eigenvalue weighted by Gasteiger charge is -1.88. The van der Waals surface area contributed by atoms with Gasteiger partial charge in [0, 0.05) is 12.4 Å². The molecular weight excluding hydrogens is 161 g/mol. The number of aromatic nitrogens is 2. The Morgan fingerprint density at radius 2 is 2.11 bits per heavy atom. The Hall–Kier alpha value is -0.250. The number of imidazole rings is 1. The molecule has 1 aromatic rings. The summed E-state index contributed by atoms with van der Waals surface area (Å²) in [7, 11) is 0. The van der Waals surface area contributed by atoms with E-state index in [1.807, 2.05) is 6.20 Å². The minimum Gasteiger partial charge on any atom is -0.324 e. The first-order valence-corrected chi connectivity index (χ1v) is 2.09. The smallest absolute Gasteiger partial charge is 0.0956 e. The van der Waals surface area contributed by atoms with Gasteiger partial charge in [0.05, 0.1) is 13.0 Å². The van der Waals surface area contributed by atoms with Gasteiger partial charge in [0.15, 0.2) is 0 Å². The Bertz CT molecular complexity index is 128. The quantitative estimate of drug-likeness (QED) is 0.672. The van der Waals surface area contributed by atoms with Gasteiger partial charge >= 0.3 is 0 Å². The summed E-state index contributed by atoms with van der Waals surface area (Å²) in [5.74, 6) is 0. The molecule has 0 aliphatic carbocycles. The van der Waals surface area contributed by atoms with E-state index in [1.165, 1.54) is 0 Å². The van der Waals surface area contributed by atoms with Crippen molar-refractivity contribution in [2.45, 2.75) is 6.67 Å². The molecule has 1 rings (SSSR count). The summed E-state index contributed by atoms with van der Waals surface area (Å²) >= 11 is 0. The van der Waals surface area contributed by atoms with Gasteiger partial charge in [-0.3, -0.25) is 0 Å². The summed E-state index contributed by atoms with van der Waals surface area (Å²) < 4.78 is 1.79. The lowest BCUT2D eigenvalue weighted by atomic mass is 10.9.